The maximum Gasteiger partial charge on any atom is 0.291 e. The summed E-state index contributed by atoms with van der Waals surface area (Å²) in [4.78, 5) is 17.2. The summed E-state index contributed by atoms with van der Waals surface area (Å²) in [5.41, 5.74) is 0. The third kappa shape index (κ3) is 3.16. The van der Waals surface area contributed by atoms with Crippen LogP contribution in [0.1, 0.15) is 35.2 Å². The third-order valence-corrected chi connectivity index (χ3v) is 3.43. The molecule has 0 spiro atoms. The van der Waals surface area contributed by atoms with E-state index in [4.69, 9.17) is 0 Å². The zero-order valence-electron chi connectivity index (χ0n) is 10.4. The van der Waals surface area contributed by atoms with Crippen LogP contribution in [0.2, 0.25) is 0 Å². The number of aryl methyl sites for hydroxylation is 1. The van der Waals surface area contributed by atoms with Crippen molar-refractivity contribution in [3.05, 3.63) is 34.0 Å². The lowest BCUT2D eigenvalue weighted by molar-refractivity contribution is 0.0930. The van der Waals surface area contributed by atoms with Gasteiger partial charge in [-0.2, -0.15) is 0 Å². The zero-order valence-corrected chi connectivity index (χ0v) is 11.3. The topological polar surface area (TPSA) is 70.7 Å². The van der Waals surface area contributed by atoms with E-state index in [0.717, 1.165) is 18.7 Å². The van der Waals surface area contributed by atoms with Gasteiger partial charge in [0.15, 0.2) is 0 Å². The van der Waals surface area contributed by atoms with E-state index in [1.807, 2.05) is 25.3 Å². The Kier molecular flexibility index (Phi) is 4.09. The molecule has 1 atom stereocenters. The lowest BCUT2D eigenvalue weighted by Crippen LogP contribution is -2.34. The summed E-state index contributed by atoms with van der Waals surface area (Å²) in [7, 11) is 0. The number of carbonyl (C=O) groups excluding carboxylic acids is 1. The maximum atomic E-state index is 11.9. The van der Waals surface area contributed by atoms with E-state index >= 15 is 0 Å². The summed E-state index contributed by atoms with van der Waals surface area (Å²) < 4.78 is 0. The van der Waals surface area contributed by atoms with Gasteiger partial charge >= 0.3 is 0 Å². The van der Waals surface area contributed by atoms with Gasteiger partial charge in [0.25, 0.3) is 5.91 Å². The van der Waals surface area contributed by atoms with Crippen LogP contribution in [0.25, 0.3) is 0 Å². The van der Waals surface area contributed by atoms with Crippen molar-refractivity contribution >= 4 is 17.2 Å². The van der Waals surface area contributed by atoms with Gasteiger partial charge in [0, 0.05) is 23.8 Å². The van der Waals surface area contributed by atoms with Crippen LogP contribution in [-0.4, -0.2) is 27.1 Å². The Morgan fingerprint density at radius 2 is 2.44 bits per heavy atom. The second-order valence-electron chi connectivity index (χ2n) is 4.12. The molecule has 0 bridgehead atoms. The molecule has 2 N–H and O–H groups in total. The predicted molar refractivity (Wildman–Crippen MR) is 70.7 cm³/mol. The molecule has 0 aliphatic carbocycles. The Labute approximate surface area is 110 Å². The van der Waals surface area contributed by atoms with Gasteiger partial charge in [-0.05, 0) is 18.4 Å². The number of nitrogens with zero attached hydrogens (tertiary/aromatic N) is 2. The van der Waals surface area contributed by atoms with Crippen molar-refractivity contribution in [3.63, 3.8) is 0 Å². The highest BCUT2D eigenvalue weighted by Crippen LogP contribution is 2.11. The molecule has 0 saturated heterocycles. The highest BCUT2D eigenvalue weighted by molar-refractivity contribution is 7.09. The number of H-pyrrole nitrogens is 1. The van der Waals surface area contributed by atoms with Gasteiger partial charge in [0.1, 0.15) is 5.82 Å². The van der Waals surface area contributed by atoms with Gasteiger partial charge in [0.2, 0.25) is 5.82 Å². The van der Waals surface area contributed by atoms with E-state index in [2.05, 4.69) is 26.6 Å². The summed E-state index contributed by atoms with van der Waals surface area (Å²) in [5.74, 6) is 0.714. The lowest BCUT2D eigenvalue weighted by atomic mass is 10.2. The number of thiophene rings is 1. The van der Waals surface area contributed by atoms with E-state index in [1.54, 1.807) is 11.3 Å². The first kappa shape index (κ1) is 12.8. The molecule has 0 radical (unpaired) electrons. The highest BCUT2D eigenvalue weighted by atomic mass is 32.1. The Hall–Kier alpha value is -1.69. The molecule has 1 amide bonds. The molecular formula is C12H16N4OS. The van der Waals surface area contributed by atoms with Crippen molar-refractivity contribution in [2.24, 2.45) is 0 Å². The molecule has 2 heterocycles. The van der Waals surface area contributed by atoms with Crippen LogP contribution in [0.3, 0.4) is 0 Å². The first-order chi connectivity index (χ1) is 8.69. The largest absolute Gasteiger partial charge is 0.346 e. The molecule has 2 aromatic heterocycles. The molecule has 2 aromatic rings. The standard InChI is InChI=1S/C12H16N4OS/c1-3-10-14-11(16-15-10)12(17)13-8(2)7-9-5-4-6-18-9/h4-6,8H,3,7H2,1-2H3,(H,13,17)(H,14,15,16). The highest BCUT2D eigenvalue weighted by Gasteiger charge is 2.14. The Bertz CT molecular complexity index is 506. The number of hydrogen-bond donors (Lipinski definition) is 2. The average molecular weight is 264 g/mol. The fraction of sp³-hybridized carbons (Fsp3) is 0.417. The summed E-state index contributed by atoms with van der Waals surface area (Å²) in [6.07, 6.45) is 1.57. The minimum absolute atomic E-state index is 0.0692. The normalized spacial score (nSPS) is 12.3. The van der Waals surface area contributed by atoms with Crippen molar-refractivity contribution < 1.29 is 4.79 Å². The summed E-state index contributed by atoms with van der Waals surface area (Å²) in [6.45, 7) is 3.94. The summed E-state index contributed by atoms with van der Waals surface area (Å²) >= 11 is 1.69. The van der Waals surface area contributed by atoms with Crippen molar-refractivity contribution in [1.82, 2.24) is 20.5 Å². The second-order valence-corrected chi connectivity index (χ2v) is 5.15. The lowest BCUT2D eigenvalue weighted by Gasteiger charge is -2.10. The van der Waals surface area contributed by atoms with Gasteiger partial charge in [-0.3, -0.25) is 9.89 Å². The van der Waals surface area contributed by atoms with Crippen LogP contribution in [0, 0.1) is 0 Å². The van der Waals surface area contributed by atoms with E-state index in [1.165, 1.54) is 4.88 Å². The minimum atomic E-state index is -0.227. The minimum Gasteiger partial charge on any atom is -0.346 e. The van der Waals surface area contributed by atoms with Crippen molar-refractivity contribution in [2.75, 3.05) is 0 Å². The SMILES string of the molecule is CCc1nc(C(=O)NC(C)Cc2cccs2)n[nH]1. The van der Waals surface area contributed by atoms with Gasteiger partial charge < -0.3 is 5.32 Å². The van der Waals surface area contributed by atoms with Crippen LogP contribution in [-0.2, 0) is 12.8 Å². The van der Waals surface area contributed by atoms with E-state index in [0.29, 0.717) is 0 Å². The van der Waals surface area contributed by atoms with Gasteiger partial charge in [-0.25, -0.2) is 4.98 Å². The molecule has 5 nitrogen and oxygen atoms in total. The van der Waals surface area contributed by atoms with Crippen LogP contribution < -0.4 is 5.32 Å². The third-order valence-electron chi connectivity index (χ3n) is 2.53. The van der Waals surface area contributed by atoms with E-state index in [9.17, 15) is 4.79 Å². The van der Waals surface area contributed by atoms with Crippen LogP contribution in [0.15, 0.2) is 17.5 Å². The van der Waals surface area contributed by atoms with Crippen LogP contribution >= 0.6 is 11.3 Å². The number of rotatable bonds is 5. The fourth-order valence-corrected chi connectivity index (χ4v) is 2.46. The molecule has 18 heavy (non-hydrogen) atoms. The zero-order chi connectivity index (χ0) is 13.0. The number of aromatic amines is 1. The van der Waals surface area contributed by atoms with E-state index in [-0.39, 0.29) is 17.8 Å². The van der Waals surface area contributed by atoms with Gasteiger partial charge in [0.05, 0.1) is 0 Å². The molecule has 0 aliphatic heterocycles. The summed E-state index contributed by atoms with van der Waals surface area (Å²) in [6, 6.07) is 4.15. The number of hydrogen-bond acceptors (Lipinski definition) is 4. The van der Waals surface area contributed by atoms with Crippen LogP contribution in [0.5, 0.6) is 0 Å². The first-order valence-electron chi connectivity index (χ1n) is 5.93. The first-order valence-corrected chi connectivity index (χ1v) is 6.81. The number of aromatic nitrogens is 3. The molecule has 96 valence electrons. The van der Waals surface area contributed by atoms with Crippen molar-refractivity contribution in [2.45, 2.75) is 32.7 Å². The molecular weight excluding hydrogens is 248 g/mol. The fourth-order valence-electron chi connectivity index (χ4n) is 1.62. The quantitative estimate of drug-likeness (QED) is 0.865. The van der Waals surface area contributed by atoms with Crippen molar-refractivity contribution in [1.29, 1.82) is 0 Å². The molecule has 2 rings (SSSR count). The predicted octanol–water partition coefficient (Wildman–Crippen LogP) is 1.79. The molecule has 0 aromatic carbocycles. The smallest absolute Gasteiger partial charge is 0.291 e. The molecule has 0 aliphatic rings. The average Bonchev–Trinajstić information content (AvgIpc) is 2.98. The number of carbonyl (C=O) groups is 1. The maximum absolute atomic E-state index is 11.9. The van der Waals surface area contributed by atoms with Gasteiger partial charge in [-0.1, -0.05) is 13.0 Å². The second kappa shape index (κ2) is 5.77. The molecule has 0 fully saturated rings. The molecule has 1 unspecified atom stereocenters. The summed E-state index contributed by atoms with van der Waals surface area (Å²) in [5, 5.41) is 11.6. The number of nitrogens with one attached hydrogen (secondary N) is 2. The Balaban J connectivity index is 1.90. The molecule has 0 saturated carbocycles. The van der Waals surface area contributed by atoms with Crippen molar-refractivity contribution in [3.8, 4) is 0 Å². The number of amides is 1. The Morgan fingerprint density at radius 1 is 1.61 bits per heavy atom. The monoisotopic (exact) mass is 264 g/mol. The van der Waals surface area contributed by atoms with Crippen LogP contribution in [0.4, 0.5) is 0 Å². The van der Waals surface area contributed by atoms with Gasteiger partial charge in [-0.15, -0.1) is 16.4 Å². The van der Waals surface area contributed by atoms with E-state index < -0.39 is 0 Å². The Morgan fingerprint density at radius 3 is 3.06 bits per heavy atom. The molecule has 6 heteroatoms.